The van der Waals surface area contributed by atoms with Crippen molar-refractivity contribution in [2.75, 3.05) is 0 Å². The smallest absolute Gasteiger partial charge is 0.415 e. The summed E-state index contributed by atoms with van der Waals surface area (Å²) in [7, 11) is 0. The van der Waals surface area contributed by atoms with Gasteiger partial charge in [0.15, 0.2) is 0 Å². The lowest BCUT2D eigenvalue weighted by atomic mass is 10.1. The molecule has 6 heteroatoms. The average molecular weight is 201 g/mol. The molecule has 0 aromatic carbocycles. The van der Waals surface area contributed by atoms with Crippen molar-refractivity contribution in [2.24, 2.45) is 0 Å². The number of carbonyl (C=O) groups is 3. The van der Waals surface area contributed by atoms with Crippen LogP contribution in [0.25, 0.3) is 0 Å². The molecule has 0 aromatic heterocycles. The summed E-state index contributed by atoms with van der Waals surface area (Å²) in [5, 5.41) is 10.7. The van der Waals surface area contributed by atoms with Crippen molar-refractivity contribution in [1.29, 1.82) is 0 Å². The first-order valence-electron chi connectivity index (χ1n) is 4.33. The van der Waals surface area contributed by atoms with Gasteiger partial charge in [0.25, 0.3) is 0 Å². The molecule has 0 spiro atoms. The highest BCUT2D eigenvalue weighted by molar-refractivity contribution is 5.95. The number of esters is 1. The van der Waals surface area contributed by atoms with Crippen LogP contribution in [0.1, 0.15) is 25.7 Å². The van der Waals surface area contributed by atoms with Gasteiger partial charge in [-0.15, -0.1) is 0 Å². The quantitative estimate of drug-likeness (QED) is 0.378. The van der Waals surface area contributed by atoms with Crippen LogP contribution in [0, 0.1) is 0 Å². The SMILES string of the molecule is O=C(O)CCCCC1NC(=O)OC1=O. The molecule has 1 amide bonds. The molecule has 1 aliphatic rings. The first kappa shape index (κ1) is 10.5. The molecule has 0 aromatic rings. The lowest BCUT2D eigenvalue weighted by molar-refractivity contribution is -0.137. The molecule has 2 N–H and O–H groups in total. The molecule has 0 radical (unpaired) electrons. The van der Waals surface area contributed by atoms with Gasteiger partial charge >= 0.3 is 18.0 Å². The third-order valence-electron chi connectivity index (χ3n) is 1.90. The molecule has 6 nitrogen and oxygen atoms in total. The number of cyclic esters (lactones) is 2. The lowest BCUT2D eigenvalue weighted by Gasteiger charge is -2.03. The number of ether oxygens (including phenoxy) is 1. The number of carbonyl (C=O) groups excluding carboxylic acids is 2. The minimum absolute atomic E-state index is 0.0791. The maximum absolute atomic E-state index is 10.9. The Morgan fingerprint density at radius 1 is 1.43 bits per heavy atom. The van der Waals surface area contributed by atoms with Crippen LogP contribution in [0.15, 0.2) is 0 Å². The summed E-state index contributed by atoms with van der Waals surface area (Å²) in [5.74, 6) is -1.44. The molecule has 1 aliphatic heterocycles. The summed E-state index contributed by atoms with van der Waals surface area (Å²) in [6.45, 7) is 0. The van der Waals surface area contributed by atoms with Crippen LogP contribution >= 0.6 is 0 Å². The summed E-state index contributed by atoms with van der Waals surface area (Å²) in [6.07, 6.45) is 0.854. The number of carboxylic acids is 1. The van der Waals surface area contributed by atoms with Crippen molar-refractivity contribution < 1.29 is 24.2 Å². The van der Waals surface area contributed by atoms with Crippen LogP contribution in [0.2, 0.25) is 0 Å². The zero-order valence-corrected chi connectivity index (χ0v) is 7.49. The van der Waals surface area contributed by atoms with Crippen LogP contribution in [0.3, 0.4) is 0 Å². The van der Waals surface area contributed by atoms with E-state index < -0.39 is 24.1 Å². The van der Waals surface area contributed by atoms with E-state index in [0.717, 1.165) is 0 Å². The summed E-state index contributed by atoms with van der Waals surface area (Å²) in [6, 6.07) is -0.601. The van der Waals surface area contributed by atoms with E-state index in [1.807, 2.05) is 0 Å². The molecule has 14 heavy (non-hydrogen) atoms. The van der Waals surface area contributed by atoms with Gasteiger partial charge in [-0.1, -0.05) is 6.42 Å². The maximum atomic E-state index is 10.9. The Morgan fingerprint density at radius 3 is 2.64 bits per heavy atom. The van der Waals surface area contributed by atoms with Crippen molar-refractivity contribution in [3.63, 3.8) is 0 Å². The van der Waals surface area contributed by atoms with Gasteiger partial charge in [0.2, 0.25) is 0 Å². The highest BCUT2D eigenvalue weighted by Gasteiger charge is 2.31. The Hall–Kier alpha value is -1.59. The highest BCUT2D eigenvalue weighted by Crippen LogP contribution is 2.09. The molecular formula is C8H11NO5. The fourth-order valence-corrected chi connectivity index (χ4v) is 1.21. The zero-order valence-electron chi connectivity index (χ0n) is 7.49. The van der Waals surface area contributed by atoms with Gasteiger partial charge in [0, 0.05) is 6.42 Å². The molecule has 1 atom stereocenters. The standard InChI is InChI=1S/C8H11NO5/c10-6(11)4-2-1-3-5-7(12)14-8(13)9-5/h5H,1-4H2,(H,9,13)(H,10,11). The van der Waals surface area contributed by atoms with Crippen LogP contribution in [-0.4, -0.2) is 29.2 Å². The van der Waals surface area contributed by atoms with E-state index in [0.29, 0.717) is 19.3 Å². The largest absolute Gasteiger partial charge is 0.481 e. The number of unbranched alkanes of at least 4 members (excludes halogenated alkanes) is 1. The Balaban J connectivity index is 2.16. The fraction of sp³-hybridized carbons (Fsp3) is 0.625. The van der Waals surface area contributed by atoms with E-state index in [4.69, 9.17) is 5.11 Å². The molecular weight excluding hydrogens is 190 g/mol. The monoisotopic (exact) mass is 201 g/mol. The van der Waals surface area contributed by atoms with E-state index >= 15 is 0 Å². The van der Waals surface area contributed by atoms with E-state index in [2.05, 4.69) is 10.1 Å². The first-order chi connectivity index (χ1) is 6.59. The second-order valence-electron chi connectivity index (χ2n) is 3.04. The fourth-order valence-electron chi connectivity index (χ4n) is 1.21. The third-order valence-corrected chi connectivity index (χ3v) is 1.90. The number of hydrogen-bond acceptors (Lipinski definition) is 4. The number of rotatable bonds is 5. The van der Waals surface area contributed by atoms with Crippen LogP contribution in [-0.2, 0) is 14.3 Å². The van der Waals surface area contributed by atoms with Crippen LogP contribution in [0.5, 0.6) is 0 Å². The second-order valence-corrected chi connectivity index (χ2v) is 3.04. The van der Waals surface area contributed by atoms with E-state index in [1.54, 1.807) is 0 Å². The van der Waals surface area contributed by atoms with E-state index in [9.17, 15) is 14.4 Å². The van der Waals surface area contributed by atoms with Crippen molar-refractivity contribution in [3.8, 4) is 0 Å². The molecule has 1 rings (SSSR count). The summed E-state index contributed by atoms with van der Waals surface area (Å²) < 4.78 is 4.25. The number of alkyl carbamates (subject to hydrolysis) is 1. The average Bonchev–Trinajstić information content (AvgIpc) is 2.39. The Morgan fingerprint density at radius 2 is 2.14 bits per heavy atom. The van der Waals surface area contributed by atoms with Gasteiger partial charge in [0.05, 0.1) is 0 Å². The van der Waals surface area contributed by atoms with Crippen LogP contribution < -0.4 is 5.32 Å². The number of nitrogens with one attached hydrogen (secondary N) is 1. The predicted octanol–water partition coefficient (Wildman–Crippen LogP) is 0.266. The molecule has 0 saturated carbocycles. The van der Waals surface area contributed by atoms with Gasteiger partial charge in [-0.3, -0.25) is 4.79 Å². The molecule has 1 unspecified atom stereocenters. The highest BCUT2D eigenvalue weighted by atomic mass is 16.6. The zero-order chi connectivity index (χ0) is 10.6. The minimum atomic E-state index is -0.858. The van der Waals surface area contributed by atoms with Crippen molar-refractivity contribution >= 4 is 18.0 Å². The van der Waals surface area contributed by atoms with Gasteiger partial charge in [-0.25, -0.2) is 9.59 Å². The van der Waals surface area contributed by atoms with Crippen molar-refractivity contribution in [2.45, 2.75) is 31.7 Å². The number of amides is 1. The van der Waals surface area contributed by atoms with E-state index in [-0.39, 0.29) is 6.42 Å². The summed E-state index contributed by atoms with van der Waals surface area (Å²) in [5.41, 5.74) is 0. The molecule has 1 heterocycles. The second kappa shape index (κ2) is 4.59. The first-order valence-corrected chi connectivity index (χ1v) is 4.33. The number of carboxylic acid groups (broad SMARTS) is 1. The molecule has 1 saturated heterocycles. The maximum Gasteiger partial charge on any atom is 0.415 e. The van der Waals surface area contributed by atoms with Gasteiger partial charge in [-0.2, -0.15) is 0 Å². The number of hydrogen-bond donors (Lipinski definition) is 2. The number of aliphatic carboxylic acids is 1. The van der Waals surface area contributed by atoms with Crippen molar-refractivity contribution in [3.05, 3.63) is 0 Å². The predicted molar refractivity (Wildman–Crippen MR) is 44.5 cm³/mol. The van der Waals surface area contributed by atoms with Gasteiger partial charge in [-0.05, 0) is 12.8 Å². The molecule has 0 bridgehead atoms. The van der Waals surface area contributed by atoms with Crippen LogP contribution in [0.4, 0.5) is 4.79 Å². The van der Waals surface area contributed by atoms with Gasteiger partial charge < -0.3 is 15.2 Å². The molecule has 78 valence electrons. The normalized spacial score (nSPS) is 20.4. The molecule has 0 aliphatic carbocycles. The Labute approximate surface area is 80.2 Å². The van der Waals surface area contributed by atoms with Gasteiger partial charge in [0.1, 0.15) is 6.04 Å². The summed E-state index contributed by atoms with van der Waals surface area (Å²) >= 11 is 0. The van der Waals surface area contributed by atoms with E-state index in [1.165, 1.54) is 0 Å². The third kappa shape index (κ3) is 3.04. The Bertz CT molecular complexity index is 262. The molecule has 1 fully saturated rings. The Kier molecular flexibility index (Phi) is 3.44. The van der Waals surface area contributed by atoms with Crippen molar-refractivity contribution in [1.82, 2.24) is 5.32 Å². The lowest BCUT2D eigenvalue weighted by Crippen LogP contribution is -2.28. The summed E-state index contributed by atoms with van der Waals surface area (Å²) in [4.78, 5) is 31.6. The minimum Gasteiger partial charge on any atom is -0.481 e. The topological polar surface area (TPSA) is 92.7 Å².